The highest BCUT2D eigenvalue weighted by Gasteiger charge is 2.67. The van der Waals surface area contributed by atoms with Crippen molar-refractivity contribution < 1.29 is 14.6 Å². The molecule has 0 radical (unpaired) electrons. The lowest BCUT2D eigenvalue weighted by molar-refractivity contribution is -0.232. The minimum atomic E-state index is -0.205. The number of piperazine rings is 1. The Kier molecular flexibility index (Phi) is 4.01. The first-order valence-corrected chi connectivity index (χ1v) is 8.91. The molecule has 5 nitrogen and oxygen atoms in total. The topological polar surface area (TPSA) is 53.0 Å². The molecule has 1 saturated heterocycles. The van der Waals surface area contributed by atoms with E-state index >= 15 is 0 Å². The van der Waals surface area contributed by atoms with E-state index in [4.69, 9.17) is 4.74 Å². The molecule has 3 saturated carbocycles. The molecule has 1 amide bonds. The fourth-order valence-electron chi connectivity index (χ4n) is 4.94. The molecule has 1 aliphatic heterocycles. The highest BCUT2D eigenvalue weighted by Crippen LogP contribution is 2.73. The predicted molar refractivity (Wildman–Crippen MR) is 90.4 cm³/mol. The number of hydrogen-bond acceptors (Lipinski definition) is 4. The summed E-state index contributed by atoms with van der Waals surface area (Å²) in [6, 6.07) is 9.79. The Bertz CT molecular complexity index is 576. The molecule has 0 unspecified atom stereocenters. The third kappa shape index (κ3) is 2.91. The van der Waals surface area contributed by atoms with E-state index in [0.717, 1.165) is 38.3 Å². The molecule has 0 spiro atoms. The summed E-state index contributed by atoms with van der Waals surface area (Å²) in [5, 5.41) is 9.36. The molecule has 3 aliphatic carbocycles. The quantitative estimate of drug-likeness (QED) is 0.898. The fraction of sp³-hybridized carbons (Fsp3) is 0.632. The van der Waals surface area contributed by atoms with Crippen LogP contribution in [0.2, 0.25) is 0 Å². The maximum Gasteiger partial charge on any atom is 0.410 e. The Morgan fingerprint density at radius 3 is 2.33 bits per heavy atom. The summed E-state index contributed by atoms with van der Waals surface area (Å²) in [4.78, 5) is 16.5. The van der Waals surface area contributed by atoms with E-state index in [-0.39, 0.29) is 11.5 Å². The van der Waals surface area contributed by atoms with Crippen molar-refractivity contribution >= 4 is 6.09 Å². The van der Waals surface area contributed by atoms with Crippen LogP contribution in [0.25, 0.3) is 0 Å². The number of amides is 1. The second-order valence-corrected chi connectivity index (χ2v) is 7.99. The van der Waals surface area contributed by atoms with Crippen LogP contribution in [0, 0.1) is 10.8 Å². The molecule has 130 valence electrons. The Hall–Kier alpha value is -1.59. The standard InChI is InChI=1S/C19H26N2O3/c22-15-19-11-18(12-19,13-19)14-20-6-8-21(9-7-20)17(23)24-10-16-4-2-1-3-5-16/h1-5,22H,6-15H2. The number of aliphatic hydroxyl groups excluding tert-OH is 1. The zero-order valence-corrected chi connectivity index (χ0v) is 14.1. The van der Waals surface area contributed by atoms with Gasteiger partial charge in [0.05, 0.1) is 0 Å². The van der Waals surface area contributed by atoms with Crippen molar-refractivity contribution in [2.45, 2.75) is 25.9 Å². The summed E-state index contributed by atoms with van der Waals surface area (Å²) < 4.78 is 5.41. The van der Waals surface area contributed by atoms with Gasteiger partial charge in [0.25, 0.3) is 0 Å². The first-order valence-electron chi connectivity index (χ1n) is 8.91. The lowest BCUT2D eigenvalue weighted by Crippen LogP contribution is -2.67. The number of nitrogens with zero attached hydrogens (tertiary/aromatic N) is 2. The molecular formula is C19H26N2O3. The van der Waals surface area contributed by atoms with E-state index in [2.05, 4.69) is 4.90 Å². The SMILES string of the molecule is O=C(OCc1ccccc1)N1CCN(CC23CC(CO)(C2)C3)CC1. The van der Waals surface area contributed by atoms with Gasteiger partial charge in [-0.25, -0.2) is 4.79 Å². The number of carbonyl (C=O) groups excluding carboxylic acids is 1. The molecule has 4 fully saturated rings. The van der Waals surface area contributed by atoms with Gasteiger partial charge in [0.15, 0.2) is 0 Å². The van der Waals surface area contributed by atoms with Gasteiger partial charge in [-0.1, -0.05) is 30.3 Å². The molecule has 1 heterocycles. The number of hydrogen-bond donors (Lipinski definition) is 1. The molecule has 1 aromatic carbocycles. The normalized spacial score (nSPS) is 32.0. The summed E-state index contributed by atoms with van der Waals surface area (Å²) in [6.07, 6.45) is 3.37. The van der Waals surface area contributed by atoms with Crippen LogP contribution in [0.3, 0.4) is 0 Å². The van der Waals surface area contributed by atoms with E-state index in [0.29, 0.717) is 18.6 Å². The summed E-state index contributed by atoms with van der Waals surface area (Å²) in [7, 11) is 0. The van der Waals surface area contributed by atoms with Crippen molar-refractivity contribution in [3.63, 3.8) is 0 Å². The number of aliphatic hydroxyl groups is 1. The van der Waals surface area contributed by atoms with Crippen LogP contribution in [-0.2, 0) is 11.3 Å². The van der Waals surface area contributed by atoms with Crippen LogP contribution >= 0.6 is 0 Å². The van der Waals surface area contributed by atoms with Gasteiger partial charge in [0, 0.05) is 39.3 Å². The van der Waals surface area contributed by atoms with Gasteiger partial charge in [-0.05, 0) is 35.7 Å². The van der Waals surface area contributed by atoms with Gasteiger partial charge < -0.3 is 14.7 Å². The average Bonchev–Trinajstić information content (AvgIpc) is 2.56. The van der Waals surface area contributed by atoms with Crippen LogP contribution in [-0.4, -0.2) is 60.3 Å². The minimum absolute atomic E-state index is 0.205. The zero-order valence-electron chi connectivity index (χ0n) is 14.1. The van der Waals surface area contributed by atoms with Crippen LogP contribution in [0.15, 0.2) is 30.3 Å². The summed E-state index contributed by atoms with van der Waals surface area (Å²) in [6.45, 7) is 5.16. The molecule has 5 rings (SSSR count). The van der Waals surface area contributed by atoms with E-state index in [9.17, 15) is 9.90 Å². The maximum atomic E-state index is 12.2. The second-order valence-electron chi connectivity index (χ2n) is 7.99. The Morgan fingerprint density at radius 2 is 1.71 bits per heavy atom. The monoisotopic (exact) mass is 330 g/mol. The Labute approximate surface area is 143 Å². The molecule has 4 aliphatic rings. The molecule has 2 bridgehead atoms. The first kappa shape index (κ1) is 15.9. The summed E-state index contributed by atoms with van der Waals surface area (Å²) >= 11 is 0. The fourth-order valence-corrected chi connectivity index (χ4v) is 4.94. The number of benzene rings is 1. The Morgan fingerprint density at radius 1 is 1.04 bits per heavy atom. The van der Waals surface area contributed by atoms with Crippen molar-refractivity contribution in [2.24, 2.45) is 10.8 Å². The minimum Gasteiger partial charge on any atom is -0.445 e. The molecule has 1 aromatic rings. The largest absolute Gasteiger partial charge is 0.445 e. The van der Waals surface area contributed by atoms with Crippen molar-refractivity contribution in [1.82, 2.24) is 9.80 Å². The lowest BCUT2D eigenvalue weighted by atomic mass is 9.35. The van der Waals surface area contributed by atoms with Crippen molar-refractivity contribution in [3.05, 3.63) is 35.9 Å². The molecule has 5 heteroatoms. The number of rotatable bonds is 5. The predicted octanol–water partition coefficient (Wildman–Crippen LogP) is 2.10. The molecular weight excluding hydrogens is 304 g/mol. The molecule has 0 atom stereocenters. The maximum absolute atomic E-state index is 12.2. The summed E-state index contributed by atoms with van der Waals surface area (Å²) in [5.41, 5.74) is 1.77. The van der Waals surface area contributed by atoms with Crippen LogP contribution < -0.4 is 0 Å². The Balaban J connectivity index is 1.18. The van der Waals surface area contributed by atoms with Gasteiger partial charge in [0.1, 0.15) is 6.61 Å². The van der Waals surface area contributed by atoms with Gasteiger partial charge >= 0.3 is 6.09 Å². The van der Waals surface area contributed by atoms with Crippen molar-refractivity contribution in [2.75, 3.05) is 39.3 Å². The van der Waals surface area contributed by atoms with E-state index in [1.807, 2.05) is 35.2 Å². The number of ether oxygens (including phenoxy) is 1. The molecule has 24 heavy (non-hydrogen) atoms. The average molecular weight is 330 g/mol. The third-order valence-corrected chi connectivity index (χ3v) is 5.98. The first-order chi connectivity index (χ1) is 11.6. The van der Waals surface area contributed by atoms with E-state index in [1.165, 1.54) is 19.3 Å². The molecule has 1 N–H and O–H groups in total. The zero-order chi connectivity index (χ0) is 16.6. The second kappa shape index (κ2) is 6.05. The third-order valence-electron chi connectivity index (χ3n) is 5.98. The summed E-state index contributed by atoms with van der Waals surface area (Å²) in [5.74, 6) is 0. The van der Waals surface area contributed by atoms with Gasteiger partial charge in [0.2, 0.25) is 0 Å². The highest BCUT2D eigenvalue weighted by atomic mass is 16.6. The van der Waals surface area contributed by atoms with E-state index in [1.54, 1.807) is 0 Å². The molecule has 0 aromatic heterocycles. The van der Waals surface area contributed by atoms with Gasteiger partial charge in [-0.2, -0.15) is 0 Å². The van der Waals surface area contributed by atoms with Crippen LogP contribution in [0.4, 0.5) is 4.79 Å². The van der Waals surface area contributed by atoms with Gasteiger partial charge in [-0.3, -0.25) is 4.90 Å². The number of carbonyl (C=O) groups is 1. The smallest absolute Gasteiger partial charge is 0.410 e. The van der Waals surface area contributed by atoms with Crippen LogP contribution in [0.5, 0.6) is 0 Å². The van der Waals surface area contributed by atoms with Crippen molar-refractivity contribution in [3.8, 4) is 0 Å². The highest BCUT2D eigenvalue weighted by molar-refractivity contribution is 5.67. The van der Waals surface area contributed by atoms with Crippen molar-refractivity contribution in [1.29, 1.82) is 0 Å². The van der Waals surface area contributed by atoms with Gasteiger partial charge in [-0.15, -0.1) is 0 Å². The lowest BCUT2D eigenvalue weighted by Gasteiger charge is -2.71. The van der Waals surface area contributed by atoms with E-state index < -0.39 is 0 Å². The van der Waals surface area contributed by atoms with Crippen LogP contribution in [0.1, 0.15) is 24.8 Å².